The highest BCUT2D eigenvalue weighted by molar-refractivity contribution is 5.77. The molecule has 2 aromatic carbocycles. The number of fused-ring (bicyclic) bond motifs is 1. The molecule has 0 saturated heterocycles. The van der Waals surface area contributed by atoms with E-state index in [4.69, 9.17) is 9.47 Å². The molecular formula is C19H22N2O3. The van der Waals surface area contributed by atoms with E-state index in [1.54, 1.807) is 0 Å². The summed E-state index contributed by atoms with van der Waals surface area (Å²) in [5.41, 5.74) is 2.10. The Morgan fingerprint density at radius 2 is 2.00 bits per heavy atom. The van der Waals surface area contributed by atoms with E-state index >= 15 is 0 Å². The van der Waals surface area contributed by atoms with Crippen molar-refractivity contribution in [1.29, 1.82) is 0 Å². The topological polar surface area (TPSA) is 50.8 Å². The molecule has 2 aromatic rings. The Morgan fingerprint density at radius 1 is 1.21 bits per heavy atom. The first-order chi connectivity index (χ1) is 11.7. The molecule has 24 heavy (non-hydrogen) atoms. The van der Waals surface area contributed by atoms with Crippen molar-refractivity contribution in [2.45, 2.75) is 6.92 Å². The van der Waals surface area contributed by atoms with Crippen molar-refractivity contribution >= 4 is 11.6 Å². The summed E-state index contributed by atoms with van der Waals surface area (Å²) >= 11 is 0. The zero-order valence-electron chi connectivity index (χ0n) is 13.8. The molecule has 1 aliphatic heterocycles. The molecule has 0 atom stereocenters. The number of hydrogen-bond acceptors (Lipinski definition) is 4. The lowest BCUT2D eigenvalue weighted by Crippen LogP contribution is -2.40. The van der Waals surface area contributed by atoms with Gasteiger partial charge in [0.05, 0.1) is 12.2 Å². The monoisotopic (exact) mass is 326 g/mol. The summed E-state index contributed by atoms with van der Waals surface area (Å²) in [5, 5.41) is 2.90. The van der Waals surface area contributed by atoms with Crippen LogP contribution in [0.2, 0.25) is 0 Å². The second-order valence-corrected chi connectivity index (χ2v) is 5.71. The van der Waals surface area contributed by atoms with Gasteiger partial charge in [-0.3, -0.25) is 4.79 Å². The van der Waals surface area contributed by atoms with Crippen LogP contribution in [0, 0.1) is 6.92 Å². The quantitative estimate of drug-likeness (QED) is 0.885. The van der Waals surface area contributed by atoms with Gasteiger partial charge in [-0.15, -0.1) is 0 Å². The molecule has 0 bridgehead atoms. The Hall–Kier alpha value is -2.69. The first-order valence-electron chi connectivity index (χ1n) is 8.16. The summed E-state index contributed by atoms with van der Waals surface area (Å²) in [6.07, 6.45) is 0. The lowest BCUT2D eigenvalue weighted by atomic mass is 10.2. The third-order valence-corrected chi connectivity index (χ3v) is 3.98. The van der Waals surface area contributed by atoms with Crippen molar-refractivity contribution in [2.75, 3.05) is 37.7 Å². The predicted octanol–water partition coefficient (Wildman–Crippen LogP) is 2.39. The third kappa shape index (κ3) is 3.98. The molecule has 1 amide bonds. The molecule has 1 heterocycles. The molecule has 0 aliphatic carbocycles. The maximum atomic E-state index is 11.9. The van der Waals surface area contributed by atoms with Gasteiger partial charge >= 0.3 is 0 Å². The summed E-state index contributed by atoms with van der Waals surface area (Å²) in [4.78, 5) is 14.2. The van der Waals surface area contributed by atoms with Crippen molar-refractivity contribution in [2.24, 2.45) is 0 Å². The number of para-hydroxylation sites is 3. The maximum absolute atomic E-state index is 11.9. The Labute approximate surface area is 142 Å². The summed E-state index contributed by atoms with van der Waals surface area (Å²) in [7, 11) is 0. The average Bonchev–Trinajstić information content (AvgIpc) is 2.61. The number of anilines is 1. The van der Waals surface area contributed by atoms with Gasteiger partial charge in [-0.1, -0.05) is 30.3 Å². The minimum Gasteiger partial charge on any atom is -0.490 e. The van der Waals surface area contributed by atoms with Crippen LogP contribution in [0.1, 0.15) is 5.56 Å². The van der Waals surface area contributed by atoms with Crippen molar-refractivity contribution in [3.05, 3.63) is 54.1 Å². The van der Waals surface area contributed by atoms with Crippen molar-refractivity contribution in [3.63, 3.8) is 0 Å². The van der Waals surface area contributed by atoms with Gasteiger partial charge in [-0.25, -0.2) is 0 Å². The number of carbonyl (C=O) groups is 1. The summed E-state index contributed by atoms with van der Waals surface area (Å²) in [5.74, 6) is 1.53. The zero-order valence-corrected chi connectivity index (χ0v) is 13.8. The van der Waals surface area contributed by atoms with E-state index < -0.39 is 0 Å². The standard InChI is InChI=1S/C19H22N2O3/c1-15-6-2-4-8-17(15)24-14-19(22)20-10-11-21-12-13-23-18-9-5-3-7-16(18)21/h2-9H,10-14H2,1H3,(H,20,22). The predicted molar refractivity (Wildman–Crippen MR) is 93.8 cm³/mol. The third-order valence-electron chi connectivity index (χ3n) is 3.98. The number of nitrogens with zero attached hydrogens (tertiary/aromatic N) is 1. The SMILES string of the molecule is Cc1ccccc1OCC(=O)NCCN1CCOc2ccccc21. The molecule has 3 rings (SSSR count). The minimum atomic E-state index is -0.111. The van der Waals surface area contributed by atoms with E-state index in [9.17, 15) is 4.79 Å². The van der Waals surface area contributed by atoms with Crippen molar-refractivity contribution in [3.8, 4) is 11.5 Å². The number of carbonyl (C=O) groups excluding carboxylic acids is 1. The number of hydrogen-bond donors (Lipinski definition) is 1. The molecule has 0 spiro atoms. The zero-order chi connectivity index (χ0) is 16.8. The Balaban J connectivity index is 1.44. The molecule has 1 aliphatic rings. The molecule has 1 N–H and O–H groups in total. The maximum Gasteiger partial charge on any atom is 0.258 e. The van der Waals surface area contributed by atoms with Crippen LogP contribution >= 0.6 is 0 Å². The molecule has 0 fully saturated rings. The second kappa shape index (κ2) is 7.73. The van der Waals surface area contributed by atoms with Gasteiger partial charge in [0.15, 0.2) is 6.61 Å². The highest BCUT2D eigenvalue weighted by Crippen LogP contribution is 2.30. The minimum absolute atomic E-state index is 0.0323. The van der Waals surface area contributed by atoms with E-state index in [-0.39, 0.29) is 12.5 Å². The lowest BCUT2D eigenvalue weighted by molar-refractivity contribution is -0.123. The summed E-state index contributed by atoms with van der Waals surface area (Å²) in [6, 6.07) is 15.6. The fourth-order valence-electron chi connectivity index (χ4n) is 2.70. The van der Waals surface area contributed by atoms with Crippen LogP contribution < -0.4 is 19.7 Å². The van der Waals surface area contributed by atoms with Crippen LogP contribution in [-0.2, 0) is 4.79 Å². The number of aryl methyl sites for hydroxylation is 1. The fourth-order valence-corrected chi connectivity index (χ4v) is 2.70. The van der Waals surface area contributed by atoms with Crippen molar-refractivity contribution in [1.82, 2.24) is 5.32 Å². The van der Waals surface area contributed by atoms with Gasteiger partial charge in [-0.05, 0) is 30.7 Å². The van der Waals surface area contributed by atoms with Crippen LogP contribution in [0.25, 0.3) is 0 Å². The van der Waals surface area contributed by atoms with Gasteiger partial charge in [0, 0.05) is 13.1 Å². The number of benzene rings is 2. The molecule has 5 nitrogen and oxygen atoms in total. The number of nitrogens with one attached hydrogen (secondary N) is 1. The van der Waals surface area contributed by atoms with Crippen LogP contribution in [0.15, 0.2) is 48.5 Å². The van der Waals surface area contributed by atoms with Gasteiger partial charge in [-0.2, -0.15) is 0 Å². The summed E-state index contributed by atoms with van der Waals surface area (Å²) < 4.78 is 11.2. The molecular weight excluding hydrogens is 304 g/mol. The highest BCUT2D eigenvalue weighted by Gasteiger charge is 2.17. The molecule has 5 heteroatoms. The van der Waals surface area contributed by atoms with E-state index in [2.05, 4.69) is 10.2 Å². The van der Waals surface area contributed by atoms with E-state index in [0.29, 0.717) is 13.2 Å². The van der Waals surface area contributed by atoms with Gasteiger partial charge in [0.1, 0.15) is 18.1 Å². The van der Waals surface area contributed by atoms with E-state index in [0.717, 1.165) is 35.8 Å². The molecule has 0 unspecified atom stereocenters. The largest absolute Gasteiger partial charge is 0.490 e. The fraction of sp³-hybridized carbons (Fsp3) is 0.316. The smallest absolute Gasteiger partial charge is 0.258 e. The first kappa shape index (κ1) is 16.2. The highest BCUT2D eigenvalue weighted by atomic mass is 16.5. The van der Waals surface area contributed by atoms with Crippen LogP contribution in [0.4, 0.5) is 5.69 Å². The Bertz CT molecular complexity index is 703. The average molecular weight is 326 g/mol. The number of rotatable bonds is 6. The molecule has 126 valence electrons. The van der Waals surface area contributed by atoms with Gasteiger partial charge < -0.3 is 19.7 Å². The van der Waals surface area contributed by atoms with E-state index in [1.807, 2.05) is 55.5 Å². The molecule has 0 radical (unpaired) electrons. The number of ether oxygens (including phenoxy) is 2. The normalized spacial score (nSPS) is 13.0. The second-order valence-electron chi connectivity index (χ2n) is 5.71. The van der Waals surface area contributed by atoms with E-state index in [1.165, 1.54) is 0 Å². The van der Waals surface area contributed by atoms with Crippen LogP contribution in [-0.4, -0.2) is 38.8 Å². The lowest BCUT2D eigenvalue weighted by Gasteiger charge is -2.31. The van der Waals surface area contributed by atoms with Gasteiger partial charge in [0.25, 0.3) is 5.91 Å². The number of amides is 1. The van der Waals surface area contributed by atoms with Crippen LogP contribution in [0.3, 0.4) is 0 Å². The van der Waals surface area contributed by atoms with Gasteiger partial charge in [0.2, 0.25) is 0 Å². The van der Waals surface area contributed by atoms with Crippen molar-refractivity contribution < 1.29 is 14.3 Å². The van der Waals surface area contributed by atoms with Crippen LogP contribution in [0.5, 0.6) is 11.5 Å². The Morgan fingerprint density at radius 3 is 2.88 bits per heavy atom. The summed E-state index contributed by atoms with van der Waals surface area (Å²) in [6.45, 7) is 4.81. The Kier molecular flexibility index (Phi) is 5.21. The first-order valence-corrected chi connectivity index (χ1v) is 8.16. The molecule has 0 aromatic heterocycles. The molecule has 0 saturated carbocycles.